The summed E-state index contributed by atoms with van der Waals surface area (Å²) < 4.78 is 10.8. The van der Waals surface area contributed by atoms with Gasteiger partial charge in [-0.25, -0.2) is 0 Å². The molecular weight excluding hydrogens is 358 g/mol. The predicted molar refractivity (Wildman–Crippen MR) is 96.7 cm³/mol. The van der Waals surface area contributed by atoms with Gasteiger partial charge in [-0.1, -0.05) is 33.1 Å². The standard InChI is InChI=1S/C18H35NO8/c1-3-5-7-12(21)11(19-14(22)8-6-4-2)10-26-18-17(25)16(24)15(23)13(9-20)27-18/h11-13,15-18,20-21,23-25H,3-10H2,1-2H3,(H,19,22)/t11-,12+,13?,15?,16?,17?,18?/m0/s1. The van der Waals surface area contributed by atoms with Gasteiger partial charge in [0.1, 0.15) is 24.4 Å². The van der Waals surface area contributed by atoms with Gasteiger partial charge in [0.05, 0.1) is 25.4 Å². The van der Waals surface area contributed by atoms with Gasteiger partial charge in [-0.15, -0.1) is 0 Å². The van der Waals surface area contributed by atoms with Crippen molar-refractivity contribution in [2.45, 2.75) is 95.2 Å². The molecule has 0 spiro atoms. The van der Waals surface area contributed by atoms with Crippen LogP contribution >= 0.6 is 0 Å². The van der Waals surface area contributed by atoms with Crippen molar-refractivity contribution in [1.82, 2.24) is 5.32 Å². The maximum absolute atomic E-state index is 12.0. The third-order valence-corrected chi connectivity index (χ3v) is 4.71. The summed E-state index contributed by atoms with van der Waals surface area (Å²) in [6.45, 7) is 3.27. The van der Waals surface area contributed by atoms with Gasteiger partial charge < -0.3 is 40.3 Å². The van der Waals surface area contributed by atoms with E-state index in [1.54, 1.807) is 0 Å². The first-order valence-electron chi connectivity index (χ1n) is 9.75. The fraction of sp³-hybridized carbons (Fsp3) is 0.944. The van der Waals surface area contributed by atoms with Crippen LogP contribution in [-0.4, -0.2) is 87.5 Å². The maximum Gasteiger partial charge on any atom is 0.220 e. The molecule has 0 aromatic heterocycles. The van der Waals surface area contributed by atoms with E-state index in [1.807, 2.05) is 13.8 Å². The third-order valence-electron chi connectivity index (χ3n) is 4.71. The molecule has 9 heteroatoms. The van der Waals surface area contributed by atoms with Gasteiger partial charge >= 0.3 is 0 Å². The fourth-order valence-electron chi connectivity index (χ4n) is 2.88. The normalized spacial score (nSPS) is 30.7. The van der Waals surface area contributed by atoms with Crippen LogP contribution in [0, 0.1) is 0 Å². The summed E-state index contributed by atoms with van der Waals surface area (Å²) in [5, 5.41) is 52.0. The van der Waals surface area contributed by atoms with Gasteiger partial charge in [0.25, 0.3) is 0 Å². The monoisotopic (exact) mass is 393 g/mol. The zero-order chi connectivity index (χ0) is 20.4. The smallest absolute Gasteiger partial charge is 0.220 e. The van der Waals surface area contributed by atoms with Crippen LogP contribution in [0.15, 0.2) is 0 Å². The Labute approximate surface area is 160 Å². The topological polar surface area (TPSA) is 149 Å². The Morgan fingerprint density at radius 3 is 2.37 bits per heavy atom. The lowest BCUT2D eigenvalue weighted by molar-refractivity contribution is -0.302. The number of aliphatic hydroxyl groups excluding tert-OH is 5. The molecule has 1 heterocycles. The van der Waals surface area contributed by atoms with E-state index in [-0.39, 0.29) is 12.5 Å². The van der Waals surface area contributed by atoms with Crippen molar-refractivity contribution in [1.29, 1.82) is 0 Å². The molecule has 1 aliphatic rings. The van der Waals surface area contributed by atoms with Crippen molar-refractivity contribution >= 4 is 5.91 Å². The van der Waals surface area contributed by atoms with E-state index in [2.05, 4.69) is 5.32 Å². The molecule has 0 aromatic carbocycles. The zero-order valence-corrected chi connectivity index (χ0v) is 16.2. The van der Waals surface area contributed by atoms with Crippen LogP contribution in [0.2, 0.25) is 0 Å². The molecule has 160 valence electrons. The Balaban J connectivity index is 2.68. The lowest BCUT2D eigenvalue weighted by atomic mass is 9.99. The first-order chi connectivity index (χ1) is 12.8. The zero-order valence-electron chi connectivity index (χ0n) is 16.2. The molecular formula is C18H35NO8. The third kappa shape index (κ3) is 7.61. The molecule has 1 amide bonds. The first kappa shape index (κ1) is 24.2. The second-order valence-corrected chi connectivity index (χ2v) is 7.02. The molecule has 1 aliphatic heterocycles. The number of hydrogen-bond acceptors (Lipinski definition) is 8. The van der Waals surface area contributed by atoms with E-state index >= 15 is 0 Å². The van der Waals surface area contributed by atoms with Crippen molar-refractivity contribution in [2.24, 2.45) is 0 Å². The highest BCUT2D eigenvalue weighted by molar-refractivity contribution is 5.76. The van der Waals surface area contributed by atoms with Crippen LogP contribution in [0.3, 0.4) is 0 Å². The molecule has 0 aromatic rings. The summed E-state index contributed by atoms with van der Waals surface area (Å²) in [4.78, 5) is 12.0. The Kier molecular flexibility index (Phi) is 11.3. The van der Waals surface area contributed by atoms with E-state index in [1.165, 1.54) is 0 Å². The van der Waals surface area contributed by atoms with Gasteiger partial charge in [0.2, 0.25) is 5.91 Å². The van der Waals surface area contributed by atoms with E-state index in [0.717, 1.165) is 25.7 Å². The Morgan fingerprint density at radius 2 is 1.78 bits per heavy atom. The maximum atomic E-state index is 12.0. The van der Waals surface area contributed by atoms with Crippen LogP contribution in [0.5, 0.6) is 0 Å². The average Bonchev–Trinajstić information content (AvgIpc) is 2.66. The number of rotatable bonds is 12. The number of carbonyl (C=O) groups excluding carboxylic acids is 1. The summed E-state index contributed by atoms with van der Waals surface area (Å²) in [6.07, 6.45) is -3.63. The van der Waals surface area contributed by atoms with Gasteiger partial charge in [-0.3, -0.25) is 4.79 Å². The molecule has 6 N–H and O–H groups in total. The molecule has 1 saturated heterocycles. The van der Waals surface area contributed by atoms with Crippen LogP contribution in [0.1, 0.15) is 52.4 Å². The summed E-state index contributed by atoms with van der Waals surface area (Å²) in [5.41, 5.74) is 0. The van der Waals surface area contributed by atoms with E-state index in [4.69, 9.17) is 9.47 Å². The molecule has 27 heavy (non-hydrogen) atoms. The van der Waals surface area contributed by atoms with E-state index in [9.17, 15) is 30.3 Å². The number of nitrogens with one attached hydrogen (secondary N) is 1. The highest BCUT2D eigenvalue weighted by Crippen LogP contribution is 2.22. The highest BCUT2D eigenvalue weighted by atomic mass is 16.7. The number of amides is 1. The van der Waals surface area contributed by atoms with Crippen LogP contribution in [0.25, 0.3) is 0 Å². The van der Waals surface area contributed by atoms with Gasteiger partial charge in [0, 0.05) is 6.42 Å². The van der Waals surface area contributed by atoms with Gasteiger partial charge in [-0.05, 0) is 12.8 Å². The Bertz CT molecular complexity index is 422. The molecule has 5 unspecified atom stereocenters. The van der Waals surface area contributed by atoms with Crippen molar-refractivity contribution in [3.8, 4) is 0 Å². The minimum absolute atomic E-state index is 0.147. The van der Waals surface area contributed by atoms with E-state index < -0.39 is 49.5 Å². The second kappa shape index (κ2) is 12.6. The molecule has 0 saturated carbocycles. The molecule has 7 atom stereocenters. The van der Waals surface area contributed by atoms with Crippen molar-refractivity contribution in [3.05, 3.63) is 0 Å². The van der Waals surface area contributed by atoms with Crippen LogP contribution in [-0.2, 0) is 14.3 Å². The minimum Gasteiger partial charge on any atom is -0.394 e. The van der Waals surface area contributed by atoms with Crippen LogP contribution < -0.4 is 5.32 Å². The number of carbonyl (C=O) groups is 1. The molecule has 9 nitrogen and oxygen atoms in total. The number of unbranched alkanes of at least 4 members (excludes halogenated alkanes) is 2. The van der Waals surface area contributed by atoms with E-state index in [0.29, 0.717) is 12.8 Å². The van der Waals surface area contributed by atoms with Crippen molar-refractivity contribution < 1.29 is 39.8 Å². The summed E-state index contributed by atoms with van der Waals surface area (Å²) >= 11 is 0. The lowest BCUT2D eigenvalue weighted by Crippen LogP contribution is -2.60. The van der Waals surface area contributed by atoms with Gasteiger partial charge in [0.15, 0.2) is 6.29 Å². The second-order valence-electron chi connectivity index (χ2n) is 7.02. The first-order valence-corrected chi connectivity index (χ1v) is 9.75. The SMILES string of the molecule is CCCCC(=O)N[C@@H](COC1OC(CO)C(O)C(O)C1O)[C@H](O)CCCC. The molecule has 1 rings (SSSR count). The quantitative estimate of drug-likeness (QED) is 0.248. The summed E-state index contributed by atoms with van der Waals surface area (Å²) in [7, 11) is 0. The highest BCUT2D eigenvalue weighted by Gasteiger charge is 2.44. The van der Waals surface area contributed by atoms with Crippen LogP contribution in [0.4, 0.5) is 0 Å². The summed E-state index contributed by atoms with van der Waals surface area (Å²) in [6, 6.07) is -0.701. The minimum atomic E-state index is -1.54. The fourth-order valence-corrected chi connectivity index (χ4v) is 2.88. The number of hydrogen-bond donors (Lipinski definition) is 6. The summed E-state index contributed by atoms with van der Waals surface area (Å²) in [5.74, 6) is -0.199. The molecule has 0 bridgehead atoms. The number of aliphatic hydroxyl groups is 5. The van der Waals surface area contributed by atoms with Crippen molar-refractivity contribution in [3.63, 3.8) is 0 Å². The largest absolute Gasteiger partial charge is 0.394 e. The average molecular weight is 393 g/mol. The predicted octanol–water partition coefficient (Wildman–Crippen LogP) is -0.971. The van der Waals surface area contributed by atoms with Crippen molar-refractivity contribution in [2.75, 3.05) is 13.2 Å². The van der Waals surface area contributed by atoms with Gasteiger partial charge in [-0.2, -0.15) is 0 Å². The molecule has 1 fully saturated rings. The molecule has 0 aliphatic carbocycles. The lowest BCUT2D eigenvalue weighted by Gasteiger charge is -2.40. The Hall–Kier alpha value is -0.810. The Morgan fingerprint density at radius 1 is 1.11 bits per heavy atom. The number of ether oxygens (including phenoxy) is 2. The molecule has 0 radical (unpaired) electrons.